The number of thioether (sulfide) groups is 1. The minimum absolute atomic E-state index is 0.189. The average molecular weight is 390 g/mol. The average Bonchev–Trinajstić information content (AvgIpc) is 2.67. The van der Waals surface area contributed by atoms with Crippen molar-refractivity contribution in [2.45, 2.75) is 27.2 Å². The predicted molar refractivity (Wildman–Crippen MR) is 111 cm³/mol. The summed E-state index contributed by atoms with van der Waals surface area (Å²) in [6.07, 6.45) is 0.654. The molecular formula is C21H27NO4S. The molecule has 1 heterocycles. The van der Waals surface area contributed by atoms with E-state index in [1.165, 1.54) is 11.8 Å². The summed E-state index contributed by atoms with van der Waals surface area (Å²) in [5.41, 5.74) is 3.41. The lowest BCUT2D eigenvalue weighted by Crippen LogP contribution is -2.26. The highest BCUT2D eigenvalue weighted by Crippen LogP contribution is 2.40. The van der Waals surface area contributed by atoms with Gasteiger partial charge in [0.15, 0.2) is 5.09 Å². The molecule has 0 aromatic heterocycles. The molecule has 5 nitrogen and oxygen atoms in total. The number of aliphatic imine (C=N–C) groups is 1. The third-order valence-electron chi connectivity index (χ3n) is 4.33. The fraction of sp³-hybridized carbons (Fsp3) is 0.429. The number of hydrogen-bond acceptors (Lipinski definition) is 6. The van der Waals surface area contributed by atoms with Crippen molar-refractivity contribution in [1.29, 1.82) is 0 Å². The second-order valence-corrected chi connectivity index (χ2v) is 7.15. The Labute approximate surface area is 165 Å². The van der Waals surface area contributed by atoms with Gasteiger partial charge in [0.1, 0.15) is 0 Å². The number of methoxy groups -OCH3 is 1. The van der Waals surface area contributed by atoms with E-state index in [-0.39, 0.29) is 23.6 Å². The molecule has 1 atom stereocenters. The maximum absolute atomic E-state index is 12.8. The van der Waals surface area contributed by atoms with Crippen LogP contribution in [0, 0.1) is 5.92 Å². The zero-order chi connectivity index (χ0) is 19.8. The van der Waals surface area contributed by atoms with Crippen LogP contribution in [0.2, 0.25) is 0 Å². The van der Waals surface area contributed by atoms with Crippen molar-refractivity contribution in [1.82, 2.24) is 0 Å². The number of aliphatic hydroxyl groups is 1. The van der Waals surface area contributed by atoms with E-state index in [4.69, 9.17) is 14.5 Å². The normalized spacial score (nSPS) is 19.0. The molecule has 6 heteroatoms. The summed E-state index contributed by atoms with van der Waals surface area (Å²) in [6.45, 7) is 6.48. The van der Waals surface area contributed by atoms with Crippen molar-refractivity contribution in [3.8, 4) is 0 Å². The van der Waals surface area contributed by atoms with Crippen LogP contribution in [0.3, 0.4) is 0 Å². The van der Waals surface area contributed by atoms with E-state index in [0.29, 0.717) is 35.6 Å². The number of hydrogen-bond donors (Lipinski definition) is 1. The molecule has 2 rings (SSSR count). The fourth-order valence-electron chi connectivity index (χ4n) is 3.13. The molecule has 1 unspecified atom stereocenters. The number of ether oxygens (including phenoxy) is 2. The maximum atomic E-state index is 12.8. The van der Waals surface area contributed by atoms with Gasteiger partial charge in [0.05, 0.1) is 24.5 Å². The van der Waals surface area contributed by atoms with Crippen LogP contribution in [0.1, 0.15) is 32.8 Å². The summed E-state index contributed by atoms with van der Waals surface area (Å²) in [4.78, 5) is 17.5. The molecule has 0 spiro atoms. The van der Waals surface area contributed by atoms with Gasteiger partial charge in [-0.25, -0.2) is 4.79 Å². The van der Waals surface area contributed by atoms with Gasteiger partial charge in [0.2, 0.25) is 0 Å². The summed E-state index contributed by atoms with van der Waals surface area (Å²) in [5, 5.41) is 10.9. The molecule has 0 fully saturated rings. The lowest BCUT2D eigenvalue weighted by molar-refractivity contribution is -0.139. The number of benzene rings is 1. The Balaban J connectivity index is 2.58. The molecular weight excluding hydrogens is 362 g/mol. The molecule has 1 aromatic carbocycles. The summed E-state index contributed by atoms with van der Waals surface area (Å²) in [6, 6.07) is 9.62. The number of carbonyl (C=O) groups excluding carboxylic acids is 1. The molecule has 1 aliphatic heterocycles. The second kappa shape index (κ2) is 10.3. The van der Waals surface area contributed by atoms with Gasteiger partial charge in [-0.3, -0.25) is 4.99 Å². The zero-order valence-corrected chi connectivity index (χ0v) is 17.1. The van der Waals surface area contributed by atoms with Crippen molar-refractivity contribution >= 4 is 29.1 Å². The largest absolute Gasteiger partial charge is 0.502 e. The quantitative estimate of drug-likeness (QED) is 0.399. The van der Waals surface area contributed by atoms with Crippen LogP contribution in [0.4, 0.5) is 0 Å². The van der Waals surface area contributed by atoms with Crippen LogP contribution in [-0.4, -0.2) is 42.9 Å². The Bertz CT molecular complexity index is 753. The first-order chi connectivity index (χ1) is 13.0. The van der Waals surface area contributed by atoms with Crippen molar-refractivity contribution in [3.63, 3.8) is 0 Å². The maximum Gasteiger partial charge on any atom is 0.336 e. The lowest BCUT2D eigenvalue weighted by atomic mass is 9.82. The smallest absolute Gasteiger partial charge is 0.336 e. The van der Waals surface area contributed by atoms with Crippen molar-refractivity contribution in [2.75, 3.05) is 26.1 Å². The van der Waals surface area contributed by atoms with Crippen LogP contribution in [0.25, 0.3) is 5.70 Å². The minimum Gasteiger partial charge on any atom is -0.502 e. The third kappa shape index (κ3) is 5.02. The van der Waals surface area contributed by atoms with Gasteiger partial charge in [-0.05, 0) is 20.3 Å². The minimum atomic E-state index is -0.383. The second-order valence-electron chi connectivity index (χ2n) is 6.07. The lowest BCUT2D eigenvalue weighted by Gasteiger charge is -2.28. The van der Waals surface area contributed by atoms with Gasteiger partial charge in [-0.1, -0.05) is 49.0 Å². The molecule has 1 aliphatic rings. The highest BCUT2D eigenvalue weighted by Gasteiger charge is 2.35. The molecule has 0 saturated carbocycles. The SMILES string of the molecule is CCOC(=O)C1=C(c2ccccc2)N=C(C)/C(=C(/O)SCCOC)C1CC. The number of rotatable bonds is 8. The first-order valence-electron chi connectivity index (χ1n) is 9.12. The Morgan fingerprint density at radius 3 is 2.56 bits per heavy atom. The van der Waals surface area contributed by atoms with Crippen molar-refractivity contribution in [3.05, 3.63) is 52.1 Å². The molecule has 27 heavy (non-hydrogen) atoms. The van der Waals surface area contributed by atoms with E-state index >= 15 is 0 Å². The number of nitrogens with zero attached hydrogens (tertiary/aromatic N) is 1. The van der Waals surface area contributed by atoms with Crippen molar-refractivity contribution in [2.24, 2.45) is 10.9 Å². The molecule has 0 aliphatic carbocycles. The Kier molecular flexibility index (Phi) is 8.13. The van der Waals surface area contributed by atoms with Crippen LogP contribution in [0.5, 0.6) is 0 Å². The van der Waals surface area contributed by atoms with Gasteiger partial charge >= 0.3 is 5.97 Å². The topological polar surface area (TPSA) is 68.1 Å². The third-order valence-corrected chi connectivity index (χ3v) is 5.19. The molecule has 146 valence electrons. The number of esters is 1. The van der Waals surface area contributed by atoms with E-state index < -0.39 is 0 Å². The molecule has 0 amide bonds. The monoisotopic (exact) mass is 389 g/mol. The first-order valence-corrected chi connectivity index (χ1v) is 10.1. The fourth-order valence-corrected chi connectivity index (χ4v) is 4.01. The van der Waals surface area contributed by atoms with E-state index in [2.05, 4.69) is 0 Å². The number of carbonyl (C=O) groups is 1. The van der Waals surface area contributed by atoms with Gasteiger partial charge in [-0.15, -0.1) is 0 Å². The van der Waals surface area contributed by atoms with Crippen LogP contribution in [0.15, 0.2) is 51.6 Å². The molecule has 0 radical (unpaired) electrons. The number of allylic oxidation sites excluding steroid dienone is 1. The Hall–Kier alpha value is -2.05. The van der Waals surface area contributed by atoms with Gasteiger partial charge in [-0.2, -0.15) is 0 Å². The van der Waals surface area contributed by atoms with Crippen molar-refractivity contribution < 1.29 is 19.4 Å². The standard InChI is InChI=1S/C21H27NO4S/c1-5-16-17(21(24)27-13-12-25-4)14(3)22-19(15-10-8-7-9-11-15)18(16)20(23)26-6-2/h7-11,16,24H,5-6,12-13H2,1-4H3/b21-17+. The summed E-state index contributed by atoms with van der Waals surface area (Å²) in [7, 11) is 1.63. The summed E-state index contributed by atoms with van der Waals surface area (Å²) >= 11 is 1.31. The number of aliphatic hydroxyl groups excluding tert-OH is 1. The van der Waals surface area contributed by atoms with E-state index in [9.17, 15) is 9.90 Å². The van der Waals surface area contributed by atoms with Crippen LogP contribution in [-0.2, 0) is 14.3 Å². The summed E-state index contributed by atoms with van der Waals surface area (Å²) in [5.74, 6) is -0.0297. The van der Waals surface area contributed by atoms with Gasteiger partial charge in [0.25, 0.3) is 0 Å². The van der Waals surface area contributed by atoms with Gasteiger partial charge < -0.3 is 14.6 Å². The molecule has 1 aromatic rings. The van der Waals surface area contributed by atoms with E-state index in [1.807, 2.05) is 44.2 Å². The highest BCUT2D eigenvalue weighted by atomic mass is 32.2. The highest BCUT2D eigenvalue weighted by molar-refractivity contribution is 8.02. The van der Waals surface area contributed by atoms with Gasteiger partial charge in [0, 0.05) is 35.6 Å². The van der Waals surface area contributed by atoms with E-state index in [0.717, 1.165) is 11.3 Å². The zero-order valence-electron chi connectivity index (χ0n) is 16.3. The Morgan fingerprint density at radius 1 is 1.26 bits per heavy atom. The molecule has 1 N–H and O–H groups in total. The summed E-state index contributed by atoms with van der Waals surface area (Å²) < 4.78 is 10.4. The molecule has 0 saturated heterocycles. The van der Waals surface area contributed by atoms with E-state index in [1.54, 1.807) is 14.0 Å². The first kappa shape index (κ1) is 21.3. The molecule has 0 bridgehead atoms. The van der Waals surface area contributed by atoms with Crippen LogP contribution >= 0.6 is 11.8 Å². The Morgan fingerprint density at radius 2 is 1.96 bits per heavy atom. The van der Waals surface area contributed by atoms with Crippen LogP contribution < -0.4 is 0 Å². The predicted octanol–water partition coefficient (Wildman–Crippen LogP) is 4.61.